The Morgan fingerprint density at radius 2 is 0.814 bits per heavy atom. The van der Waals surface area contributed by atoms with E-state index in [4.69, 9.17) is 0 Å². The van der Waals surface area contributed by atoms with E-state index in [9.17, 15) is 0 Å². The second-order valence-corrected chi connectivity index (χ2v) is 32.3. The summed E-state index contributed by atoms with van der Waals surface area (Å²) in [6.45, 7) is 38.7. The van der Waals surface area contributed by atoms with Crippen LogP contribution in [-0.2, 0) is 37.9 Å². The Hall–Kier alpha value is -7.88. The van der Waals surface area contributed by atoms with Crippen molar-refractivity contribution >= 4 is 77.5 Å². The van der Waals surface area contributed by atoms with Crippen LogP contribution in [0.2, 0.25) is 0 Å². The Labute approximate surface area is 509 Å². The van der Waals surface area contributed by atoms with Crippen LogP contribution in [0.4, 0.5) is 0 Å². The lowest BCUT2D eigenvalue weighted by Crippen LogP contribution is -2.61. The third-order valence-electron chi connectivity index (χ3n) is 22.1. The normalized spacial score (nSPS) is 16.5. The second-order valence-electron chi connectivity index (χ2n) is 32.3. The van der Waals surface area contributed by atoms with Gasteiger partial charge in [0.1, 0.15) is 0 Å². The van der Waals surface area contributed by atoms with Gasteiger partial charge in [0.15, 0.2) is 0 Å². The molecule has 2 nitrogen and oxygen atoms in total. The fourth-order valence-electron chi connectivity index (χ4n) is 17.5. The van der Waals surface area contributed by atoms with Crippen molar-refractivity contribution in [2.45, 2.75) is 162 Å². The van der Waals surface area contributed by atoms with E-state index >= 15 is 0 Å². The summed E-state index contributed by atoms with van der Waals surface area (Å²) < 4.78 is 5.62. The number of hydrogen-bond acceptors (Lipinski definition) is 0. The molecule has 1 spiro atoms. The van der Waals surface area contributed by atoms with Crippen LogP contribution in [-0.4, -0.2) is 15.8 Å². The Morgan fingerprint density at radius 3 is 1.41 bits per heavy atom. The summed E-state index contributed by atoms with van der Waals surface area (Å²) in [5, 5.41) is 8.01. The maximum Gasteiger partial charge on any atom is 0.252 e. The van der Waals surface area contributed by atoms with Crippen molar-refractivity contribution < 1.29 is 0 Å². The fourth-order valence-corrected chi connectivity index (χ4v) is 17.5. The average Bonchev–Trinajstić information content (AvgIpc) is 1.39. The molecule has 0 atom stereocenters. The lowest BCUT2D eigenvalue weighted by Gasteiger charge is -2.45. The van der Waals surface area contributed by atoms with Gasteiger partial charge in [0.25, 0.3) is 6.71 Å². The van der Waals surface area contributed by atoms with Gasteiger partial charge in [0, 0.05) is 43.8 Å². The standard InChI is InChI=1S/C83H79BN2/c1-77(2,3)46-32-35-69-57(38-46)58-40-48(79(7,8)9)43-67-73(58)85(69)75-61(53-34-33-52(50-24-17-18-25-51(50)53)56-28-23-31-64-70(56)82(15,16)37-36-81(64,13)14)45-66-76-71(75)84(67)68-44-49(80(10,11)12)41-60-59-39-47(78(4,5)6)42-65(72(59)86(76)74(60)68)83(66)62-29-21-19-26-54(62)55-27-20-22-30-63(55)83/h17-35,38-45H,36-37H2,1-16H3. The highest BCUT2D eigenvalue weighted by Crippen LogP contribution is 2.63. The third-order valence-corrected chi connectivity index (χ3v) is 22.1. The minimum absolute atomic E-state index is 0.0271. The summed E-state index contributed by atoms with van der Waals surface area (Å²) in [6, 6.07) is 66.8. The Morgan fingerprint density at radius 1 is 0.337 bits per heavy atom. The van der Waals surface area contributed by atoms with Gasteiger partial charge < -0.3 is 9.13 Å². The summed E-state index contributed by atoms with van der Waals surface area (Å²) in [7, 11) is 0. The smallest absolute Gasteiger partial charge is 0.252 e. The highest BCUT2D eigenvalue weighted by Gasteiger charge is 2.56. The monoisotopic (exact) mass is 1110 g/mol. The van der Waals surface area contributed by atoms with Crippen LogP contribution in [0.15, 0.2) is 164 Å². The molecular formula is C83H79BN2. The quantitative estimate of drug-likeness (QED) is 0.153. The zero-order chi connectivity index (χ0) is 59.6. The predicted molar refractivity (Wildman–Crippen MR) is 369 cm³/mol. The molecule has 2 aromatic heterocycles. The molecule has 5 aliphatic rings. The molecule has 10 aromatic carbocycles. The van der Waals surface area contributed by atoms with E-state index in [1.54, 1.807) is 0 Å². The van der Waals surface area contributed by atoms with Gasteiger partial charge >= 0.3 is 0 Å². The first kappa shape index (κ1) is 52.5. The fraction of sp³-hybridized carbons (Fsp3) is 0.301. The molecule has 5 heterocycles. The number of aromatic nitrogens is 2. The van der Waals surface area contributed by atoms with Crippen molar-refractivity contribution in [1.82, 2.24) is 9.13 Å². The summed E-state index contributed by atoms with van der Waals surface area (Å²) in [6.07, 6.45) is 2.34. The zero-order valence-corrected chi connectivity index (χ0v) is 53.5. The number of fused-ring (bicyclic) bond motifs is 16. The Balaban J connectivity index is 1.13. The predicted octanol–water partition coefficient (Wildman–Crippen LogP) is 19.7. The van der Waals surface area contributed by atoms with Gasteiger partial charge in [-0.25, -0.2) is 0 Å². The van der Waals surface area contributed by atoms with Gasteiger partial charge in [0.05, 0.1) is 22.1 Å². The zero-order valence-electron chi connectivity index (χ0n) is 53.5. The third kappa shape index (κ3) is 6.55. The van der Waals surface area contributed by atoms with Crippen molar-refractivity contribution in [2.24, 2.45) is 0 Å². The molecule has 3 heteroatoms. The van der Waals surface area contributed by atoms with Crippen molar-refractivity contribution in [3.8, 4) is 44.8 Å². The molecule has 424 valence electrons. The summed E-state index contributed by atoms with van der Waals surface area (Å²) in [5.74, 6) is 0. The molecule has 0 saturated heterocycles. The highest BCUT2D eigenvalue weighted by molar-refractivity contribution is 7.00. The van der Waals surface area contributed by atoms with Crippen LogP contribution in [0.5, 0.6) is 0 Å². The van der Waals surface area contributed by atoms with Crippen LogP contribution < -0.4 is 16.4 Å². The van der Waals surface area contributed by atoms with E-state index in [1.807, 2.05) is 0 Å². The second kappa shape index (κ2) is 16.4. The van der Waals surface area contributed by atoms with E-state index in [0.717, 1.165) is 6.42 Å². The van der Waals surface area contributed by atoms with Crippen molar-refractivity contribution in [3.05, 3.63) is 219 Å². The first-order valence-corrected chi connectivity index (χ1v) is 32.1. The van der Waals surface area contributed by atoms with Crippen LogP contribution in [0.3, 0.4) is 0 Å². The van der Waals surface area contributed by atoms with Gasteiger partial charge in [-0.3, -0.25) is 0 Å². The Bertz CT molecular complexity index is 5040. The number of benzene rings is 10. The van der Waals surface area contributed by atoms with Gasteiger partial charge in [-0.2, -0.15) is 0 Å². The average molecular weight is 1120 g/mol. The SMILES string of the molecule is CC(C)(C)c1ccc2c(c1)c1cc(C(C)(C)C)cc3c1n2-c1c(-c2ccc(-c4cccc5c4C(C)(C)CCC5(C)C)c4ccccc24)cc2c4c1B3c1cc(C(C)(C)C)cc3c5cc(C(C)(C)C)cc(c5n-4c13)C21c2ccccc2-c2ccccc21. The molecular weight excluding hydrogens is 1040 g/mol. The maximum atomic E-state index is 2.83. The van der Waals surface area contributed by atoms with Crippen LogP contribution >= 0.6 is 0 Å². The van der Waals surface area contributed by atoms with Crippen molar-refractivity contribution in [2.75, 3.05) is 0 Å². The summed E-state index contributed by atoms with van der Waals surface area (Å²) in [4.78, 5) is 0. The van der Waals surface area contributed by atoms with Crippen molar-refractivity contribution in [3.63, 3.8) is 0 Å². The lowest BCUT2D eigenvalue weighted by atomic mass is 9.33. The molecule has 0 bridgehead atoms. The molecule has 0 unspecified atom stereocenters. The first-order valence-electron chi connectivity index (χ1n) is 32.1. The molecule has 86 heavy (non-hydrogen) atoms. The number of rotatable bonds is 2. The maximum absolute atomic E-state index is 2.83. The molecule has 0 N–H and O–H groups in total. The first-order chi connectivity index (χ1) is 40.7. The molecule has 3 aliphatic heterocycles. The molecule has 17 rings (SSSR count). The Kier molecular flexibility index (Phi) is 10.00. The largest absolute Gasteiger partial charge is 0.310 e. The van der Waals surface area contributed by atoms with E-state index in [2.05, 4.69) is 284 Å². The topological polar surface area (TPSA) is 9.86 Å². The summed E-state index contributed by atoms with van der Waals surface area (Å²) >= 11 is 0. The highest BCUT2D eigenvalue weighted by atomic mass is 15.1. The molecule has 12 aromatic rings. The van der Waals surface area contributed by atoms with Crippen LogP contribution in [0, 0.1) is 0 Å². The van der Waals surface area contributed by atoms with Gasteiger partial charge in [-0.1, -0.05) is 238 Å². The molecule has 0 amide bonds. The van der Waals surface area contributed by atoms with Crippen LogP contribution in [0.1, 0.15) is 179 Å². The molecule has 0 radical (unpaired) electrons. The number of nitrogens with zero attached hydrogens (tertiary/aromatic N) is 2. The van der Waals surface area contributed by atoms with E-state index in [-0.39, 0.29) is 39.2 Å². The molecule has 0 saturated carbocycles. The van der Waals surface area contributed by atoms with Gasteiger partial charge in [0.2, 0.25) is 0 Å². The van der Waals surface area contributed by atoms with Crippen molar-refractivity contribution in [1.29, 1.82) is 0 Å². The van der Waals surface area contributed by atoms with E-state index in [0.29, 0.717) is 0 Å². The minimum atomic E-state index is -0.661. The lowest BCUT2D eigenvalue weighted by molar-refractivity contribution is 0.333. The van der Waals surface area contributed by atoms with E-state index in [1.165, 1.54) is 178 Å². The molecule has 2 aliphatic carbocycles. The summed E-state index contributed by atoms with van der Waals surface area (Å²) in [5.41, 5.74) is 33.3. The van der Waals surface area contributed by atoms with Gasteiger partial charge in [-0.05, 0) is 192 Å². The van der Waals surface area contributed by atoms with E-state index < -0.39 is 5.41 Å². The molecule has 0 fully saturated rings. The van der Waals surface area contributed by atoms with Gasteiger partial charge in [-0.15, -0.1) is 0 Å². The number of hydrogen-bond donors (Lipinski definition) is 0. The van der Waals surface area contributed by atoms with Crippen LogP contribution in [0.25, 0.3) is 99.1 Å². The minimum Gasteiger partial charge on any atom is -0.310 e.